The Morgan fingerprint density at radius 3 is 2.14 bits per heavy atom. The number of benzene rings is 1. The van der Waals surface area contributed by atoms with E-state index in [1.807, 2.05) is 19.2 Å². The third-order valence-corrected chi connectivity index (χ3v) is 6.82. The van der Waals surface area contributed by atoms with Crippen molar-refractivity contribution < 1.29 is 0 Å². The van der Waals surface area contributed by atoms with Crippen LogP contribution in [0.4, 0.5) is 5.95 Å². The second kappa shape index (κ2) is 7.00. The molecule has 4 aromatic rings. The molecule has 5 rings (SSSR count). The summed E-state index contributed by atoms with van der Waals surface area (Å²) in [7, 11) is 0. The Balaban J connectivity index is 1.46. The van der Waals surface area contributed by atoms with Crippen molar-refractivity contribution in [2.24, 2.45) is 0 Å². The predicted molar refractivity (Wildman–Crippen MR) is 114 cm³/mol. The van der Waals surface area contributed by atoms with Crippen LogP contribution in [0.25, 0.3) is 21.7 Å². The van der Waals surface area contributed by atoms with Gasteiger partial charge in [0.2, 0.25) is 5.95 Å². The molecule has 7 heteroatoms. The van der Waals surface area contributed by atoms with Crippen LogP contribution in [0.1, 0.15) is 35.5 Å². The molecule has 1 aromatic carbocycles. The Labute approximate surface area is 172 Å². The topological polar surface area (TPSA) is 90.5 Å². The van der Waals surface area contributed by atoms with Gasteiger partial charge in [-0.15, -0.1) is 10.2 Å². The zero-order valence-electron chi connectivity index (χ0n) is 16.0. The Kier molecular flexibility index (Phi) is 4.32. The largest absolute Gasteiger partial charge is 0.368 e. The average Bonchev–Trinajstić information content (AvgIpc) is 3.19. The van der Waals surface area contributed by atoms with Crippen LogP contribution in [0.2, 0.25) is 0 Å². The Morgan fingerprint density at radius 2 is 1.52 bits per heavy atom. The van der Waals surface area contributed by atoms with Crippen molar-refractivity contribution in [1.29, 1.82) is 0 Å². The number of rotatable bonds is 4. The monoisotopic (exact) mass is 400 g/mol. The molecule has 1 saturated carbocycles. The standard InChI is InChI=1S/C22H20N6S/c1-14-3-4-16(11-24-14)19-27-28-20(29-19)22(9-2-10-22)18-7-5-15(6-8-18)17-12-25-21(23)26-13-17/h3-8,11-13H,2,9-10H2,1H3,(H2,23,25,26). The maximum atomic E-state index is 5.59. The number of nitrogen functional groups attached to an aromatic ring is 1. The van der Waals surface area contributed by atoms with Crippen LogP contribution in [-0.2, 0) is 5.41 Å². The van der Waals surface area contributed by atoms with Crippen LogP contribution in [-0.4, -0.2) is 25.1 Å². The molecule has 0 amide bonds. The Hall–Kier alpha value is -3.19. The van der Waals surface area contributed by atoms with E-state index in [0.29, 0.717) is 0 Å². The van der Waals surface area contributed by atoms with Crippen LogP contribution >= 0.6 is 11.3 Å². The third kappa shape index (κ3) is 3.17. The Morgan fingerprint density at radius 1 is 0.828 bits per heavy atom. The van der Waals surface area contributed by atoms with Crippen LogP contribution in [0.3, 0.4) is 0 Å². The first-order valence-corrected chi connectivity index (χ1v) is 10.4. The molecule has 0 radical (unpaired) electrons. The number of aromatic nitrogens is 5. The van der Waals surface area contributed by atoms with Gasteiger partial charge in [-0.05, 0) is 43.0 Å². The van der Waals surface area contributed by atoms with Gasteiger partial charge < -0.3 is 5.73 Å². The van der Waals surface area contributed by atoms with E-state index in [-0.39, 0.29) is 11.4 Å². The molecule has 0 aliphatic heterocycles. The summed E-state index contributed by atoms with van der Waals surface area (Å²) in [4.78, 5) is 12.6. The zero-order valence-corrected chi connectivity index (χ0v) is 16.9. The van der Waals surface area contributed by atoms with Gasteiger partial charge in [-0.1, -0.05) is 42.0 Å². The molecular weight excluding hydrogens is 380 g/mol. The normalized spacial score (nSPS) is 15.1. The lowest BCUT2D eigenvalue weighted by Crippen LogP contribution is -2.35. The molecule has 1 aliphatic carbocycles. The van der Waals surface area contributed by atoms with Gasteiger partial charge in [0.05, 0.1) is 0 Å². The number of nitrogens with zero attached hydrogens (tertiary/aromatic N) is 5. The van der Waals surface area contributed by atoms with E-state index >= 15 is 0 Å². The molecule has 144 valence electrons. The summed E-state index contributed by atoms with van der Waals surface area (Å²) in [6.07, 6.45) is 8.77. The highest BCUT2D eigenvalue weighted by molar-refractivity contribution is 7.14. The number of hydrogen-bond donors (Lipinski definition) is 1. The van der Waals surface area contributed by atoms with Crippen molar-refractivity contribution in [1.82, 2.24) is 25.1 Å². The van der Waals surface area contributed by atoms with E-state index in [1.165, 1.54) is 12.0 Å². The Bertz CT molecular complexity index is 1130. The first-order chi connectivity index (χ1) is 14.1. The van der Waals surface area contributed by atoms with E-state index in [2.05, 4.69) is 55.5 Å². The van der Waals surface area contributed by atoms with E-state index in [4.69, 9.17) is 5.73 Å². The molecule has 2 N–H and O–H groups in total. The lowest BCUT2D eigenvalue weighted by Gasteiger charge is -2.40. The van der Waals surface area contributed by atoms with Crippen molar-refractivity contribution in [3.63, 3.8) is 0 Å². The van der Waals surface area contributed by atoms with Gasteiger partial charge in [-0.3, -0.25) is 4.98 Å². The molecule has 0 atom stereocenters. The molecule has 0 unspecified atom stereocenters. The maximum absolute atomic E-state index is 5.59. The van der Waals surface area contributed by atoms with Crippen LogP contribution in [0, 0.1) is 6.92 Å². The average molecular weight is 401 g/mol. The molecule has 3 heterocycles. The minimum absolute atomic E-state index is 0.0375. The van der Waals surface area contributed by atoms with E-state index < -0.39 is 0 Å². The van der Waals surface area contributed by atoms with E-state index in [1.54, 1.807) is 23.7 Å². The lowest BCUT2D eigenvalue weighted by atomic mass is 9.65. The van der Waals surface area contributed by atoms with E-state index in [9.17, 15) is 0 Å². The first-order valence-electron chi connectivity index (χ1n) is 9.59. The van der Waals surface area contributed by atoms with Gasteiger partial charge in [0, 0.05) is 40.8 Å². The fourth-order valence-corrected chi connectivity index (χ4v) is 4.86. The van der Waals surface area contributed by atoms with Gasteiger partial charge in [0.1, 0.15) is 10.0 Å². The lowest BCUT2D eigenvalue weighted by molar-refractivity contribution is 0.299. The third-order valence-electron chi connectivity index (χ3n) is 5.64. The zero-order chi connectivity index (χ0) is 19.8. The highest BCUT2D eigenvalue weighted by Gasteiger charge is 2.43. The smallest absolute Gasteiger partial charge is 0.219 e. The number of pyridine rings is 1. The maximum Gasteiger partial charge on any atom is 0.219 e. The fraction of sp³-hybridized carbons (Fsp3) is 0.227. The molecule has 29 heavy (non-hydrogen) atoms. The van der Waals surface area contributed by atoms with Crippen molar-refractivity contribution in [3.8, 4) is 21.7 Å². The molecule has 0 bridgehead atoms. The quantitative estimate of drug-likeness (QED) is 0.545. The molecule has 6 nitrogen and oxygen atoms in total. The van der Waals surface area contributed by atoms with Crippen molar-refractivity contribution in [2.45, 2.75) is 31.6 Å². The molecule has 0 spiro atoms. The van der Waals surface area contributed by atoms with Crippen LogP contribution < -0.4 is 5.73 Å². The number of hydrogen-bond acceptors (Lipinski definition) is 7. The van der Waals surface area contributed by atoms with Gasteiger partial charge in [-0.2, -0.15) is 0 Å². The van der Waals surface area contributed by atoms with Crippen molar-refractivity contribution in [2.75, 3.05) is 5.73 Å². The summed E-state index contributed by atoms with van der Waals surface area (Å²) >= 11 is 1.68. The summed E-state index contributed by atoms with van der Waals surface area (Å²) in [5.74, 6) is 0.287. The predicted octanol–water partition coefficient (Wildman–Crippen LogP) is 4.42. The highest BCUT2D eigenvalue weighted by atomic mass is 32.1. The fourth-order valence-electron chi connectivity index (χ4n) is 3.75. The highest BCUT2D eigenvalue weighted by Crippen LogP contribution is 2.50. The summed E-state index contributed by atoms with van der Waals surface area (Å²) in [6, 6.07) is 12.7. The second-order valence-corrected chi connectivity index (χ2v) is 8.42. The molecule has 1 fully saturated rings. The molecule has 1 aliphatic rings. The van der Waals surface area contributed by atoms with Gasteiger partial charge in [0.25, 0.3) is 0 Å². The first kappa shape index (κ1) is 17.9. The molecule has 0 saturated heterocycles. The van der Waals surface area contributed by atoms with Crippen molar-refractivity contribution in [3.05, 3.63) is 71.3 Å². The second-order valence-electron chi connectivity index (χ2n) is 7.44. The van der Waals surface area contributed by atoms with Gasteiger partial charge >= 0.3 is 0 Å². The summed E-state index contributed by atoms with van der Waals surface area (Å²) in [5, 5.41) is 11.1. The SMILES string of the molecule is Cc1ccc(-c2nnc(C3(c4ccc(-c5cnc(N)nc5)cc4)CCC3)s2)cn1. The summed E-state index contributed by atoms with van der Waals surface area (Å²) in [6.45, 7) is 1.98. The summed E-state index contributed by atoms with van der Waals surface area (Å²) in [5.41, 5.74) is 10.9. The van der Waals surface area contributed by atoms with Crippen LogP contribution in [0.15, 0.2) is 55.0 Å². The van der Waals surface area contributed by atoms with Crippen molar-refractivity contribution >= 4 is 17.3 Å². The number of nitrogens with two attached hydrogens (primary N) is 1. The number of anilines is 1. The van der Waals surface area contributed by atoms with Gasteiger partial charge in [-0.25, -0.2) is 9.97 Å². The minimum Gasteiger partial charge on any atom is -0.368 e. The number of aryl methyl sites for hydroxylation is 1. The van der Waals surface area contributed by atoms with E-state index in [0.717, 1.165) is 45.2 Å². The summed E-state index contributed by atoms with van der Waals surface area (Å²) < 4.78 is 0. The van der Waals surface area contributed by atoms with Crippen LogP contribution in [0.5, 0.6) is 0 Å². The molecule has 3 aromatic heterocycles. The minimum atomic E-state index is -0.0375. The molecular formula is C22H20N6S. The van der Waals surface area contributed by atoms with Gasteiger partial charge in [0.15, 0.2) is 0 Å².